The van der Waals surface area contributed by atoms with Gasteiger partial charge in [-0.2, -0.15) is 0 Å². The van der Waals surface area contributed by atoms with E-state index in [1.807, 2.05) is 13.8 Å². The molecule has 0 spiro atoms. The fraction of sp³-hybridized carbons (Fsp3) is 0.714. The molecule has 1 fully saturated rings. The lowest BCUT2D eigenvalue weighted by Gasteiger charge is -2.25. The second kappa shape index (κ2) is 7.85. The van der Waals surface area contributed by atoms with Crippen molar-refractivity contribution in [1.29, 1.82) is 0 Å². The number of aryl methyl sites for hydroxylation is 2. The summed E-state index contributed by atoms with van der Waals surface area (Å²) in [6.45, 7) is 7.63. The van der Waals surface area contributed by atoms with E-state index < -0.39 is 0 Å². The summed E-state index contributed by atoms with van der Waals surface area (Å²) in [4.78, 5) is 4.41. The van der Waals surface area contributed by atoms with E-state index in [1.54, 1.807) is 0 Å². The van der Waals surface area contributed by atoms with Gasteiger partial charge in [-0.25, -0.2) is 0 Å². The molecule has 1 aliphatic rings. The highest BCUT2D eigenvalue weighted by atomic mass is 127. The van der Waals surface area contributed by atoms with Crippen LogP contribution in [0.4, 0.5) is 0 Å². The maximum absolute atomic E-state index is 5.88. The summed E-state index contributed by atoms with van der Waals surface area (Å²) in [7, 11) is 0. The highest BCUT2D eigenvalue weighted by Crippen LogP contribution is 2.25. The van der Waals surface area contributed by atoms with Crippen LogP contribution in [0.2, 0.25) is 0 Å². The third kappa shape index (κ3) is 4.36. The van der Waals surface area contributed by atoms with Crippen molar-refractivity contribution < 1.29 is 4.52 Å². The normalized spacial score (nSPS) is 17.2. The van der Waals surface area contributed by atoms with E-state index in [0.29, 0.717) is 12.5 Å². The van der Waals surface area contributed by atoms with Crippen LogP contribution in [-0.2, 0) is 0 Å². The smallest absolute Gasteiger partial charge is 0.188 e. The number of nitrogens with zero attached hydrogens (tertiary/aromatic N) is 2. The van der Waals surface area contributed by atoms with Crippen LogP contribution in [-0.4, -0.2) is 24.2 Å². The maximum atomic E-state index is 5.88. The van der Waals surface area contributed by atoms with Crippen molar-refractivity contribution in [2.75, 3.05) is 13.1 Å². The first-order chi connectivity index (χ1) is 9.08. The predicted octanol–water partition coefficient (Wildman–Crippen LogP) is 2.72. The van der Waals surface area contributed by atoms with Crippen molar-refractivity contribution in [3.8, 4) is 0 Å². The van der Waals surface area contributed by atoms with E-state index in [1.165, 1.54) is 19.3 Å². The Morgan fingerprint density at radius 3 is 2.70 bits per heavy atom. The molecule has 20 heavy (non-hydrogen) atoms. The van der Waals surface area contributed by atoms with Crippen LogP contribution in [0.1, 0.15) is 49.1 Å². The van der Waals surface area contributed by atoms with E-state index >= 15 is 0 Å². The average Bonchev–Trinajstić information content (AvgIpc) is 2.64. The molecular weight excluding hydrogens is 367 g/mol. The number of halogens is 1. The number of rotatable bonds is 5. The summed E-state index contributed by atoms with van der Waals surface area (Å²) in [5.41, 5.74) is 7.97. The number of nitrogens with two attached hydrogens (primary N) is 1. The molecule has 1 aromatic rings. The summed E-state index contributed by atoms with van der Waals surface area (Å²) in [6, 6.07) is 0. The lowest BCUT2D eigenvalue weighted by atomic mass is 9.85. The second-order valence-corrected chi connectivity index (χ2v) is 5.54. The zero-order valence-corrected chi connectivity index (χ0v) is 14.8. The van der Waals surface area contributed by atoms with Crippen LogP contribution in [0.15, 0.2) is 9.52 Å². The van der Waals surface area contributed by atoms with Crippen molar-refractivity contribution in [2.45, 2.75) is 46.0 Å². The van der Waals surface area contributed by atoms with Gasteiger partial charge in [0, 0.05) is 24.6 Å². The lowest BCUT2D eigenvalue weighted by molar-refractivity contribution is 0.315. The van der Waals surface area contributed by atoms with Crippen LogP contribution in [0.25, 0.3) is 0 Å². The molecule has 3 N–H and O–H groups in total. The number of guanidine groups is 1. The monoisotopic (exact) mass is 392 g/mol. The van der Waals surface area contributed by atoms with Gasteiger partial charge in [0.15, 0.2) is 5.96 Å². The van der Waals surface area contributed by atoms with Gasteiger partial charge in [0.1, 0.15) is 5.76 Å². The Morgan fingerprint density at radius 2 is 2.20 bits per heavy atom. The number of hydrogen-bond donors (Lipinski definition) is 2. The summed E-state index contributed by atoms with van der Waals surface area (Å²) in [6.07, 6.45) is 3.98. The van der Waals surface area contributed by atoms with Gasteiger partial charge in [0.05, 0.1) is 5.69 Å². The van der Waals surface area contributed by atoms with E-state index in [-0.39, 0.29) is 29.9 Å². The number of nitrogens with one attached hydrogen (secondary N) is 1. The zero-order chi connectivity index (χ0) is 13.8. The zero-order valence-electron chi connectivity index (χ0n) is 12.5. The van der Waals surface area contributed by atoms with Crippen molar-refractivity contribution in [3.05, 3.63) is 17.0 Å². The van der Waals surface area contributed by atoms with Crippen LogP contribution >= 0.6 is 24.0 Å². The molecule has 5 nitrogen and oxygen atoms in total. The molecule has 1 unspecified atom stereocenters. The molecule has 2 rings (SSSR count). The quantitative estimate of drug-likeness (QED) is 0.459. The molecule has 0 saturated heterocycles. The molecule has 1 atom stereocenters. The summed E-state index contributed by atoms with van der Waals surface area (Å²) < 4.78 is 5.18. The number of hydrogen-bond acceptors (Lipinski definition) is 3. The van der Waals surface area contributed by atoms with E-state index in [9.17, 15) is 0 Å². The standard InChI is InChI=1S/C14H24N4O.HI/c1-9(13-10(2)18-19-11(13)3)7-16-14(15)17-8-12-5-4-6-12;/h9,12H,4-8H2,1-3H3,(H3,15,16,17);1H. The first-order valence-corrected chi connectivity index (χ1v) is 7.04. The Labute approximate surface area is 137 Å². The van der Waals surface area contributed by atoms with Gasteiger partial charge in [-0.3, -0.25) is 4.99 Å². The minimum absolute atomic E-state index is 0. The molecule has 6 heteroatoms. The van der Waals surface area contributed by atoms with Crippen LogP contribution in [0.5, 0.6) is 0 Å². The Balaban J connectivity index is 0.00000200. The predicted molar refractivity (Wildman–Crippen MR) is 91.6 cm³/mol. The molecule has 114 valence electrons. The molecule has 1 heterocycles. The molecule has 0 amide bonds. The summed E-state index contributed by atoms with van der Waals surface area (Å²) in [5.74, 6) is 2.48. The minimum atomic E-state index is 0. The Bertz CT molecular complexity index is 435. The molecule has 0 bridgehead atoms. The van der Waals surface area contributed by atoms with E-state index in [0.717, 1.165) is 29.5 Å². The second-order valence-electron chi connectivity index (χ2n) is 5.54. The lowest BCUT2D eigenvalue weighted by Crippen LogP contribution is -2.37. The molecule has 0 aromatic carbocycles. The third-order valence-corrected chi connectivity index (χ3v) is 3.91. The van der Waals surface area contributed by atoms with Gasteiger partial charge in [-0.15, -0.1) is 24.0 Å². The first-order valence-electron chi connectivity index (χ1n) is 7.04. The molecule has 0 aliphatic heterocycles. The van der Waals surface area contributed by atoms with Crippen LogP contribution < -0.4 is 11.1 Å². The number of aromatic nitrogens is 1. The van der Waals surface area contributed by atoms with Gasteiger partial charge in [0.2, 0.25) is 0 Å². The van der Waals surface area contributed by atoms with Crippen LogP contribution in [0, 0.1) is 19.8 Å². The van der Waals surface area contributed by atoms with Crippen molar-refractivity contribution in [3.63, 3.8) is 0 Å². The van der Waals surface area contributed by atoms with E-state index in [4.69, 9.17) is 10.3 Å². The van der Waals surface area contributed by atoms with Crippen LogP contribution in [0.3, 0.4) is 0 Å². The Morgan fingerprint density at radius 1 is 1.50 bits per heavy atom. The van der Waals surface area contributed by atoms with Gasteiger partial charge >= 0.3 is 0 Å². The fourth-order valence-corrected chi connectivity index (χ4v) is 2.52. The van der Waals surface area contributed by atoms with Gasteiger partial charge in [-0.1, -0.05) is 18.5 Å². The van der Waals surface area contributed by atoms with Gasteiger partial charge in [0.25, 0.3) is 0 Å². The summed E-state index contributed by atoms with van der Waals surface area (Å²) in [5, 5.41) is 7.18. The number of aliphatic imine (C=N–C) groups is 1. The average molecular weight is 392 g/mol. The van der Waals surface area contributed by atoms with Gasteiger partial charge in [-0.05, 0) is 32.6 Å². The fourth-order valence-electron chi connectivity index (χ4n) is 2.52. The molecule has 0 radical (unpaired) electrons. The third-order valence-electron chi connectivity index (χ3n) is 3.91. The molecule has 1 aromatic heterocycles. The largest absolute Gasteiger partial charge is 0.370 e. The topological polar surface area (TPSA) is 76.4 Å². The minimum Gasteiger partial charge on any atom is -0.370 e. The molecule has 1 aliphatic carbocycles. The summed E-state index contributed by atoms with van der Waals surface area (Å²) >= 11 is 0. The highest BCUT2D eigenvalue weighted by molar-refractivity contribution is 14.0. The maximum Gasteiger partial charge on any atom is 0.188 e. The van der Waals surface area contributed by atoms with E-state index in [2.05, 4.69) is 22.4 Å². The van der Waals surface area contributed by atoms with Crippen molar-refractivity contribution in [2.24, 2.45) is 16.6 Å². The molecular formula is C14H25IN4O. The SMILES string of the molecule is Cc1noc(C)c1C(C)CN=C(N)NCC1CCC1.I. The molecule has 1 saturated carbocycles. The Kier molecular flexibility index (Phi) is 6.78. The Hall–Kier alpha value is -0.790. The van der Waals surface area contributed by atoms with Crippen molar-refractivity contribution >= 4 is 29.9 Å². The van der Waals surface area contributed by atoms with Gasteiger partial charge < -0.3 is 15.6 Å². The first kappa shape index (κ1) is 17.3. The highest BCUT2D eigenvalue weighted by Gasteiger charge is 2.18. The van der Waals surface area contributed by atoms with Crippen molar-refractivity contribution in [1.82, 2.24) is 10.5 Å².